The summed E-state index contributed by atoms with van der Waals surface area (Å²) in [6.07, 6.45) is 2.79. The first-order valence-corrected chi connectivity index (χ1v) is 4.63. The summed E-state index contributed by atoms with van der Waals surface area (Å²) >= 11 is 0. The molecule has 0 atom stereocenters. The zero-order valence-corrected chi connectivity index (χ0v) is 7.99. The monoisotopic (exact) mass is 192 g/mol. The zero-order chi connectivity index (χ0) is 10.1. The summed E-state index contributed by atoms with van der Waals surface area (Å²) < 4.78 is 5.15. The quantitative estimate of drug-likeness (QED) is 0.746. The summed E-state index contributed by atoms with van der Waals surface area (Å²) in [6.45, 7) is 0. The van der Waals surface area contributed by atoms with Crippen molar-refractivity contribution < 1.29 is 14.6 Å². The maximum atomic E-state index is 10.6. The van der Waals surface area contributed by atoms with Crippen molar-refractivity contribution >= 4 is 6.29 Å². The fourth-order valence-corrected chi connectivity index (χ4v) is 1.65. The third-order valence-electron chi connectivity index (χ3n) is 2.54. The standard InChI is InChI=1S/C11H12O3/c1-14-9-5-4-8(6-12)11(13)10(9)7-2-3-7/h4-7,13H,2-3H2,1H3. The third-order valence-corrected chi connectivity index (χ3v) is 2.54. The van der Waals surface area contributed by atoms with Crippen molar-refractivity contribution in [3.63, 3.8) is 0 Å². The van der Waals surface area contributed by atoms with Crippen LogP contribution in [0.5, 0.6) is 11.5 Å². The first kappa shape index (κ1) is 9.06. The van der Waals surface area contributed by atoms with E-state index in [4.69, 9.17) is 4.74 Å². The SMILES string of the molecule is COc1ccc(C=O)c(O)c1C1CC1. The largest absolute Gasteiger partial charge is 0.507 e. The molecule has 1 saturated carbocycles. The number of carbonyl (C=O) groups excluding carboxylic acids is 1. The number of hydrogen-bond acceptors (Lipinski definition) is 3. The van der Waals surface area contributed by atoms with Crippen LogP contribution in [-0.4, -0.2) is 18.5 Å². The van der Waals surface area contributed by atoms with Crippen LogP contribution in [0.3, 0.4) is 0 Å². The molecule has 1 N–H and O–H groups in total. The van der Waals surface area contributed by atoms with Crippen molar-refractivity contribution in [1.82, 2.24) is 0 Å². The Labute approximate surface area is 82.3 Å². The second-order valence-corrected chi connectivity index (χ2v) is 3.51. The number of phenols is 1. The molecule has 2 rings (SSSR count). The molecule has 1 aromatic rings. The van der Waals surface area contributed by atoms with Gasteiger partial charge in [0.05, 0.1) is 12.7 Å². The van der Waals surface area contributed by atoms with Gasteiger partial charge >= 0.3 is 0 Å². The van der Waals surface area contributed by atoms with Crippen molar-refractivity contribution in [3.05, 3.63) is 23.3 Å². The van der Waals surface area contributed by atoms with Crippen molar-refractivity contribution in [2.45, 2.75) is 18.8 Å². The van der Waals surface area contributed by atoms with Crippen LogP contribution in [-0.2, 0) is 0 Å². The minimum Gasteiger partial charge on any atom is -0.507 e. The van der Waals surface area contributed by atoms with Gasteiger partial charge in [-0.1, -0.05) is 0 Å². The van der Waals surface area contributed by atoms with Crippen LogP contribution >= 0.6 is 0 Å². The van der Waals surface area contributed by atoms with Crippen molar-refractivity contribution in [2.24, 2.45) is 0 Å². The predicted molar refractivity (Wildman–Crippen MR) is 52.0 cm³/mol. The summed E-state index contributed by atoms with van der Waals surface area (Å²) in [5, 5.41) is 9.80. The van der Waals surface area contributed by atoms with Crippen LogP contribution < -0.4 is 4.74 Å². The van der Waals surface area contributed by atoms with E-state index in [1.165, 1.54) is 0 Å². The summed E-state index contributed by atoms with van der Waals surface area (Å²) in [5.41, 5.74) is 1.13. The lowest BCUT2D eigenvalue weighted by atomic mass is 10.0. The van der Waals surface area contributed by atoms with Gasteiger partial charge in [0.15, 0.2) is 6.29 Å². The highest BCUT2D eigenvalue weighted by Crippen LogP contribution is 2.49. The predicted octanol–water partition coefficient (Wildman–Crippen LogP) is 2.09. The molecule has 3 heteroatoms. The molecule has 1 fully saturated rings. The van der Waals surface area contributed by atoms with E-state index in [1.54, 1.807) is 19.2 Å². The molecule has 3 nitrogen and oxygen atoms in total. The molecular weight excluding hydrogens is 180 g/mol. The Kier molecular flexibility index (Phi) is 2.15. The Morgan fingerprint density at radius 3 is 2.71 bits per heavy atom. The highest BCUT2D eigenvalue weighted by molar-refractivity contribution is 5.81. The van der Waals surface area contributed by atoms with E-state index in [9.17, 15) is 9.90 Å². The van der Waals surface area contributed by atoms with E-state index in [2.05, 4.69) is 0 Å². The maximum absolute atomic E-state index is 10.6. The average molecular weight is 192 g/mol. The second kappa shape index (κ2) is 3.33. The topological polar surface area (TPSA) is 46.5 Å². The molecule has 0 bridgehead atoms. The fraction of sp³-hybridized carbons (Fsp3) is 0.364. The molecule has 1 aliphatic rings. The van der Waals surface area contributed by atoms with Crippen molar-refractivity contribution in [2.75, 3.05) is 7.11 Å². The van der Waals surface area contributed by atoms with Gasteiger partial charge in [0.2, 0.25) is 0 Å². The van der Waals surface area contributed by atoms with E-state index >= 15 is 0 Å². The van der Waals surface area contributed by atoms with E-state index < -0.39 is 0 Å². The number of carbonyl (C=O) groups is 1. The van der Waals surface area contributed by atoms with Crippen LogP contribution in [0.2, 0.25) is 0 Å². The second-order valence-electron chi connectivity index (χ2n) is 3.51. The highest BCUT2D eigenvalue weighted by atomic mass is 16.5. The Morgan fingerprint density at radius 1 is 1.50 bits per heavy atom. The zero-order valence-electron chi connectivity index (χ0n) is 7.99. The Hall–Kier alpha value is -1.51. The van der Waals surface area contributed by atoms with Gasteiger partial charge in [-0.25, -0.2) is 0 Å². The third kappa shape index (κ3) is 1.35. The molecule has 0 spiro atoms. The van der Waals surface area contributed by atoms with Gasteiger partial charge in [-0.05, 0) is 30.9 Å². The number of aromatic hydroxyl groups is 1. The Bertz CT molecular complexity index is 367. The van der Waals surface area contributed by atoms with Crippen molar-refractivity contribution in [3.8, 4) is 11.5 Å². The van der Waals surface area contributed by atoms with Crippen LogP contribution in [0.4, 0.5) is 0 Å². The molecule has 0 aromatic heterocycles. The molecule has 74 valence electrons. The summed E-state index contributed by atoms with van der Waals surface area (Å²) in [7, 11) is 1.57. The van der Waals surface area contributed by atoms with Gasteiger partial charge in [-0.15, -0.1) is 0 Å². The molecule has 0 radical (unpaired) electrons. The van der Waals surface area contributed by atoms with E-state index in [0.717, 1.165) is 18.4 Å². The van der Waals surface area contributed by atoms with Crippen LogP contribution in [0.1, 0.15) is 34.7 Å². The summed E-state index contributed by atoms with van der Waals surface area (Å²) in [4.78, 5) is 10.6. The number of ether oxygens (including phenoxy) is 1. The Morgan fingerprint density at radius 2 is 2.21 bits per heavy atom. The summed E-state index contributed by atoms with van der Waals surface area (Å²) in [5.74, 6) is 1.13. The Balaban J connectivity index is 2.54. The normalized spacial score (nSPS) is 15.2. The molecule has 0 heterocycles. The molecule has 0 amide bonds. The molecule has 0 aliphatic heterocycles. The molecule has 1 aliphatic carbocycles. The number of hydrogen-bond donors (Lipinski definition) is 1. The minimum absolute atomic E-state index is 0.0850. The molecule has 0 unspecified atom stereocenters. The van der Waals surface area contributed by atoms with E-state index in [1.807, 2.05) is 0 Å². The van der Waals surface area contributed by atoms with Gasteiger partial charge < -0.3 is 9.84 Å². The van der Waals surface area contributed by atoms with Gasteiger partial charge in [-0.2, -0.15) is 0 Å². The first-order chi connectivity index (χ1) is 6.77. The number of aldehydes is 1. The van der Waals surface area contributed by atoms with E-state index in [0.29, 0.717) is 23.5 Å². The van der Waals surface area contributed by atoms with Crippen LogP contribution in [0, 0.1) is 0 Å². The molecular formula is C11H12O3. The average Bonchev–Trinajstić information content (AvgIpc) is 3.01. The lowest BCUT2D eigenvalue weighted by Crippen LogP contribution is -1.93. The van der Waals surface area contributed by atoms with Crippen LogP contribution in [0.15, 0.2) is 12.1 Å². The number of phenolic OH excluding ortho intramolecular Hbond substituents is 1. The smallest absolute Gasteiger partial charge is 0.153 e. The van der Waals surface area contributed by atoms with Gasteiger partial charge in [0.1, 0.15) is 11.5 Å². The first-order valence-electron chi connectivity index (χ1n) is 4.63. The molecule has 14 heavy (non-hydrogen) atoms. The highest BCUT2D eigenvalue weighted by Gasteiger charge is 2.30. The number of benzene rings is 1. The van der Waals surface area contributed by atoms with Gasteiger partial charge in [0.25, 0.3) is 0 Å². The number of methoxy groups -OCH3 is 1. The fourth-order valence-electron chi connectivity index (χ4n) is 1.65. The summed E-state index contributed by atoms with van der Waals surface area (Å²) in [6, 6.07) is 3.31. The van der Waals surface area contributed by atoms with Gasteiger partial charge in [0, 0.05) is 5.56 Å². The maximum Gasteiger partial charge on any atom is 0.153 e. The molecule has 0 saturated heterocycles. The van der Waals surface area contributed by atoms with Crippen LogP contribution in [0.25, 0.3) is 0 Å². The molecule has 1 aromatic carbocycles. The van der Waals surface area contributed by atoms with Crippen molar-refractivity contribution in [1.29, 1.82) is 0 Å². The number of rotatable bonds is 3. The minimum atomic E-state index is 0.0850. The lowest BCUT2D eigenvalue weighted by molar-refractivity contribution is 0.112. The van der Waals surface area contributed by atoms with E-state index in [-0.39, 0.29) is 5.75 Å². The van der Waals surface area contributed by atoms with Gasteiger partial charge in [-0.3, -0.25) is 4.79 Å². The lowest BCUT2D eigenvalue weighted by Gasteiger charge is -2.10.